The Morgan fingerprint density at radius 2 is 2.12 bits per heavy atom. The van der Waals surface area contributed by atoms with Crippen LogP contribution in [-0.4, -0.2) is 17.1 Å². The van der Waals surface area contributed by atoms with Gasteiger partial charge in [-0.15, -0.1) is 0 Å². The number of aromatic nitrogens is 1. The van der Waals surface area contributed by atoms with Crippen LogP contribution >= 0.6 is 15.9 Å². The summed E-state index contributed by atoms with van der Waals surface area (Å²) in [6.07, 6.45) is 3.23. The molecule has 0 radical (unpaired) electrons. The van der Waals surface area contributed by atoms with Crippen LogP contribution in [0.25, 0.3) is 0 Å². The lowest BCUT2D eigenvalue weighted by Crippen LogP contribution is -2.44. The molecule has 0 saturated heterocycles. The van der Waals surface area contributed by atoms with Gasteiger partial charge in [-0.3, -0.25) is 0 Å². The first-order valence-electron chi connectivity index (χ1n) is 5.36. The minimum absolute atomic E-state index is 0.261. The Morgan fingerprint density at radius 3 is 2.56 bits per heavy atom. The van der Waals surface area contributed by atoms with Gasteiger partial charge >= 0.3 is 0 Å². The highest BCUT2D eigenvalue weighted by Crippen LogP contribution is 2.23. The second-order valence-corrected chi connectivity index (χ2v) is 4.72. The molecule has 3 N–H and O–H groups in total. The first-order valence-corrected chi connectivity index (χ1v) is 6.15. The van der Waals surface area contributed by atoms with Crippen molar-refractivity contribution in [1.29, 1.82) is 0 Å². The zero-order valence-electron chi connectivity index (χ0n) is 9.56. The van der Waals surface area contributed by atoms with Gasteiger partial charge in [-0.25, -0.2) is 9.37 Å². The maximum atomic E-state index is 13.6. The van der Waals surface area contributed by atoms with E-state index in [2.05, 4.69) is 26.2 Å². The van der Waals surface area contributed by atoms with Crippen molar-refractivity contribution in [3.63, 3.8) is 0 Å². The lowest BCUT2D eigenvalue weighted by molar-refractivity contribution is 0.440. The molecule has 16 heavy (non-hydrogen) atoms. The Balaban J connectivity index is 2.93. The number of rotatable bonds is 5. The molecule has 0 unspecified atom stereocenters. The summed E-state index contributed by atoms with van der Waals surface area (Å²) in [4.78, 5) is 4.02. The molecule has 0 fully saturated rings. The molecule has 0 aliphatic rings. The fourth-order valence-corrected chi connectivity index (χ4v) is 1.83. The van der Waals surface area contributed by atoms with Gasteiger partial charge in [-0.2, -0.15) is 0 Å². The third-order valence-electron chi connectivity index (χ3n) is 2.94. The molecule has 5 heteroatoms. The molecule has 0 bridgehead atoms. The van der Waals surface area contributed by atoms with Crippen LogP contribution in [0.3, 0.4) is 0 Å². The van der Waals surface area contributed by atoms with Crippen LogP contribution in [-0.2, 0) is 0 Å². The zero-order chi connectivity index (χ0) is 12.2. The van der Waals surface area contributed by atoms with Crippen molar-refractivity contribution in [2.24, 2.45) is 5.73 Å². The third-order valence-corrected chi connectivity index (χ3v) is 3.37. The SMILES string of the molecule is CCC(CC)(CN)Nc1ncc(Br)cc1F. The van der Waals surface area contributed by atoms with E-state index >= 15 is 0 Å². The number of nitrogens with zero attached hydrogens (tertiary/aromatic N) is 1. The molecule has 0 aliphatic heterocycles. The largest absolute Gasteiger partial charge is 0.361 e. The highest BCUT2D eigenvalue weighted by Gasteiger charge is 2.25. The van der Waals surface area contributed by atoms with Crippen molar-refractivity contribution in [2.45, 2.75) is 32.2 Å². The zero-order valence-corrected chi connectivity index (χ0v) is 11.1. The quantitative estimate of drug-likeness (QED) is 0.876. The molecular formula is C11H17BrFN3. The van der Waals surface area contributed by atoms with Crippen LogP contribution in [0.4, 0.5) is 10.2 Å². The van der Waals surface area contributed by atoms with Gasteiger partial charge in [0.1, 0.15) is 0 Å². The molecule has 3 nitrogen and oxygen atoms in total. The van der Waals surface area contributed by atoms with E-state index in [9.17, 15) is 4.39 Å². The van der Waals surface area contributed by atoms with E-state index in [1.807, 2.05) is 13.8 Å². The molecule has 1 aromatic heterocycles. The maximum Gasteiger partial charge on any atom is 0.166 e. The van der Waals surface area contributed by atoms with Crippen molar-refractivity contribution in [3.05, 3.63) is 22.6 Å². The van der Waals surface area contributed by atoms with Gasteiger partial charge in [0, 0.05) is 17.2 Å². The van der Waals surface area contributed by atoms with Crippen molar-refractivity contribution >= 4 is 21.7 Å². The van der Waals surface area contributed by atoms with Gasteiger partial charge < -0.3 is 11.1 Å². The molecule has 90 valence electrons. The van der Waals surface area contributed by atoms with Crippen molar-refractivity contribution in [3.8, 4) is 0 Å². The second-order valence-electron chi connectivity index (χ2n) is 3.80. The number of hydrogen-bond acceptors (Lipinski definition) is 3. The van der Waals surface area contributed by atoms with E-state index in [4.69, 9.17) is 5.73 Å². The van der Waals surface area contributed by atoms with Gasteiger partial charge in [-0.1, -0.05) is 13.8 Å². The normalized spacial score (nSPS) is 11.6. The highest BCUT2D eigenvalue weighted by molar-refractivity contribution is 9.10. The first kappa shape index (κ1) is 13.4. The number of pyridine rings is 1. The lowest BCUT2D eigenvalue weighted by Gasteiger charge is -2.32. The van der Waals surface area contributed by atoms with Crippen LogP contribution in [0.2, 0.25) is 0 Å². The summed E-state index contributed by atoms with van der Waals surface area (Å²) in [6.45, 7) is 4.51. The fourth-order valence-electron chi connectivity index (χ4n) is 1.52. The Hall–Kier alpha value is -0.680. The van der Waals surface area contributed by atoms with E-state index in [-0.39, 0.29) is 17.2 Å². The van der Waals surface area contributed by atoms with Crippen LogP contribution < -0.4 is 11.1 Å². The second kappa shape index (κ2) is 5.59. The average molecular weight is 290 g/mol. The van der Waals surface area contributed by atoms with Crippen molar-refractivity contribution < 1.29 is 4.39 Å². The summed E-state index contributed by atoms with van der Waals surface area (Å²) in [5.41, 5.74) is 5.46. The minimum atomic E-state index is -0.367. The summed E-state index contributed by atoms with van der Waals surface area (Å²) in [5.74, 6) is -0.105. The highest BCUT2D eigenvalue weighted by atomic mass is 79.9. The molecular weight excluding hydrogens is 273 g/mol. The molecule has 1 aromatic rings. The summed E-state index contributed by atoms with van der Waals surface area (Å²) in [6, 6.07) is 1.39. The molecule has 0 amide bonds. The van der Waals surface area contributed by atoms with E-state index < -0.39 is 0 Å². The lowest BCUT2D eigenvalue weighted by atomic mass is 9.93. The van der Waals surface area contributed by atoms with Gasteiger partial charge in [0.25, 0.3) is 0 Å². The minimum Gasteiger partial charge on any atom is -0.361 e. The van der Waals surface area contributed by atoms with Crippen LogP contribution in [0, 0.1) is 5.82 Å². The Bertz CT molecular complexity index is 345. The predicted molar refractivity (Wildman–Crippen MR) is 67.9 cm³/mol. The van der Waals surface area contributed by atoms with Gasteiger partial charge in [-0.05, 0) is 34.8 Å². The Kier molecular flexibility index (Phi) is 4.68. The molecule has 0 atom stereocenters. The number of nitrogens with one attached hydrogen (secondary N) is 1. The van der Waals surface area contributed by atoms with Gasteiger partial charge in [0.2, 0.25) is 0 Å². The van der Waals surface area contributed by atoms with Crippen molar-refractivity contribution in [1.82, 2.24) is 4.98 Å². The molecule has 0 saturated carbocycles. The first-order chi connectivity index (χ1) is 7.56. The molecule has 1 heterocycles. The van der Waals surface area contributed by atoms with Crippen LogP contribution in [0.1, 0.15) is 26.7 Å². The fraction of sp³-hybridized carbons (Fsp3) is 0.545. The maximum absolute atomic E-state index is 13.6. The van der Waals surface area contributed by atoms with E-state index in [0.29, 0.717) is 11.0 Å². The summed E-state index contributed by atoms with van der Waals surface area (Å²) in [5, 5.41) is 3.11. The average Bonchev–Trinajstić information content (AvgIpc) is 2.29. The number of halogens is 2. The van der Waals surface area contributed by atoms with Crippen LogP contribution in [0.5, 0.6) is 0 Å². The smallest absolute Gasteiger partial charge is 0.166 e. The predicted octanol–water partition coefficient (Wildman–Crippen LogP) is 2.91. The number of anilines is 1. The third kappa shape index (κ3) is 2.92. The van der Waals surface area contributed by atoms with E-state index in [1.54, 1.807) is 6.20 Å². The summed E-state index contributed by atoms with van der Waals surface area (Å²) in [7, 11) is 0. The van der Waals surface area contributed by atoms with E-state index in [1.165, 1.54) is 6.07 Å². The van der Waals surface area contributed by atoms with Crippen LogP contribution in [0.15, 0.2) is 16.7 Å². The molecule has 0 aliphatic carbocycles. The van der Waals surface area contributed by atoms with Gasteiger partial charge in [0.15, 0.2) is 11.6 Å². The summed E-state index contributed by atoms with van der Waals surface area (Å²) < 4.78 is 14.2. The Morgan fingerprint density at radius 1 is 1.50 bits per heavy atom. The van der Waals surface area contributed by atoms with Gasteiger partial charge in [0.05, 0.1) is 5.54 Å². The molecule has 0 aromatic carbocycles. The number of hydrogen-bond donors (Lipinski definition) is 2. The topological polar surface area (TPSA) is 50.9 Å². The molecule has 1 rings (SSSR count). The standard InChI is InChI=1S/C11H17BrFN3/c1-3-11(4-2,7-14)16-10-9(13)5-8(12)6-15-10/h5-6H,3-4,7,14H2,1-2H3,(H,15,16). The Labute approximate surface area is 104 Å². The number of nitrogens with two attached hydrogens (primary N) is 1. The summed E-state index contributed by atoms with van der Waals surface area (Å²) >= 11 is 3.17. The van der Waals surface area contributed by atoms with Crippen molar-refractivity contribution in [2.75, 3.05) is 11.9 Å². The monoisotopic (exact) mass is 289 g/mol. The molecule has 0 spiro atoms. The van der Waals surface area contributed by atoms with E-state index in [0.717, 1.165) is 12.8 Å².